The smallest absolute Gasteiger partial charge is 0.335 e. The van der Waals surface area contributed by atoms with Crippen LogP contribution in [0.2, 0.25) is 0 Å². The molecule has 0 saturated carbocycles. The zero-order valence-corrected chi connectivity index (χ0v) is 17.9. The van der Waals surface area contributed by atoms with Gasteiger partial charge >= 0.3 is 5.97 Å². The van der Waals surface area contributed by atoms with Crippen LogP contribution in [-0.4, -0.2) is 11.1 Å². The third kappa shape index (κ3) is 4.51. The van der Waals surface area contributed by atoms with Gasteiger partial charge in [0.1, 0.15) is 0 Å². The molecule has 0 radical (unpaired) electrons. The van der Waals surface area contributed by atoms with Crippen LogP contribution in [-0.2, 0) is 5.41 Å². The average molecular weight is 385 g/mol. The SMILES string of the molecule is C=C(c1ccc(C(=O)O)cc1)c1ccc2c(c1)C(C#CC(C)(C)C)=CCC2(C)C. The highest BCUT2D eigenvalue weighted by molar-refractivity contribution is 5.89. The summed E-state index contributed by atoms with van der Waals surface area (Å²) >= 11 is 0. The number of hydrogen-bond acceptors (Lipinski definition) is 1. The van der Waals surface area contributed by atoms with Gasteiger partial charge in [-0.3, -0.25) is 0 Å². The Kier molecular flexibility index (Phi) is 5.28. The fourth-order valence-corrected chi connectivity index (χ4v) is 3.48. The van der Waals surface area contributed by atoms with Crippen LogP contribution in [0.15, 0.2) is 55.1 Å². The third-order valence-electron chi connectivity index (χ3n) is 5.26. The lowest BCUT2D eigenvalue weighted by Gasteiger charge is -2.31. The van der Waals surface area contributed by atoms with Crippen LogP contribution in [0.25, 0.3) is 11.1 Å². The van der Waals surface area contributed by atoms with Gasteiger partial charge < -0.3 is 5.11 Å². The summed E-state index contributed by atoms with van der Waals surface area (Å²) in [7, 11) is 0. The topological polar surface area (TPSA) is 37.3 Å². The van der Waals surface area contributed by atoms with Gasteiger partial charge in [0, 0.05) is 11.0 Å². The molecule has 0 unspecified atom stereocenters. The number of allylic oxidation sites excluding steroid dienone is 2. The number of aromatic carboxylic acids is 1. The molecule has 0 heterocycles. The van der Waals surface area contributed by atoms with Crippen molar-refractivity contribution in [3.63, 3.8) is 0 Å². The summed E-state index contributed by atoms with van der Waals surface area (Å²) in [5.41, 5.74) is 6.63. The predicted molar refractivity (Wildman–Crippen MR) is 121 cm³/mol. The zero-order chi connectivity index (χ0) is 21.4. The first-order valence-electron chi connectivity index (χ1n) is 9.89. The van der Waals surface area contributed by atoms with E-state index >= 15 is 0 Å². The lowest BCUT2D eigenvalue weighted by Crippen LogP contribution is -2.21. The minimum atomic E-state index is -0.926. The maximum absolute atomic E-state index is 11.1. The molecular formula is C27H28O2. The molecule has 2 aromatic carbocycles. The fourth-order valence-electron chi connectivity index (χ4n) is 3.48. The molecule has 0 fully saturated rings. The molecule has 2 nitrogen and oxygen atoms in total. The van der Waals surface area contributed by atoms with Gasteiger partial charge in [-0.05, 0) is 78.6 Å². The van der Waals surface area contributed by atoms with Gasteiger partial charge in [-0.1, -0.05) is 62.6 Å². The van der Waals surface area contributed by atoms with E-state index in [1.807, 2.05) is 12.1 Å². The summed E-state index contributed by atoms with van der Waals surface area (Å²) in [5, 5.41) is 9.11. The second-order valence-corrected chi connectivity index (χ2v) is 9.33. The molecule has 0 aliphatic heterocycles. The fraction of sp³-hybridized carbons (Fsp3) is 0.296. The van der Waals surface area contributed by atoms with Crippen molar-refractivity contribution >= 4 is 17.1 Å². The molecule has 0 saturated heterocycles. The normalized spacial score (nSPS) is 14.9. The molecular weight excluding hydrogens is 356 g/mol. The van der Waals surface area contributed by atoms with E-state index in [4.69, 9.17) is 5.11 Å². The predicted octanol–water partition coefficient (Wildman–Crippen LogP) is 6.56. The summed E-state index contributed by atoms with van der Waals surface area (Å²) in [6, 6.07) is 13.3. The highest BCUT2D eigenvalue weighted by Gasteiger charge is 2.28. The second kappa shape index (κ2) is 7.41. The van der Waals surface area contributed by atoms with Crippen molar-refractivity contribution in [3.05, 3.63) is 82.9 Å². The minimum Gasteiger partial charge on any atom is -0.478 e. The number of rotatable bonds is 3. The molecule has 1 aliphatic rings. The van der Waals surface area contributed by atoms with E-state index in [1.54, 1.807) is 12.1 Å². The molecule has 0 aromatic heterocycles. The largest absolute Gasteiger partial charge is 0.478 e. The minimum absolute atomic E-state index is 0.0545. The third-order valence-corrected chi connectivity index (χ3v) is 5.26. The van der Waals surface area contributed by atoms with Crippen molar-refractivity contribution in [2.75, 3.05) is 0 Å². The monoisotopic (exact) mass is 384 g/mol. The Morgan fingerprint density at radius 2 is 1.62 bits per heavy atom. The number of carboxylic acid groups (broad SMARTS) is 1. The van der Waals surface area contributed by atoms with Crippen LogP contribution >= 0.6 is 0 Å². The quantitative estimate of drug-likeness (QED) is 0.608. The van der Waals surface area contributed by atoms with Gasteiger partial charge in [0.2, 0.25) is 0 Å². The maximum atomic E-state index is 11.1. The molecule has 148 valence electrons. The van der Waals surface area contributed by atoms with Crippen molar-refractivity contribution in [3.8, 4) is 11.8 Å². The highest BCUT2D eigenvalue weighted by atomic mass is 16.4. The summed E-state index contributed by atoms with van der Waals surface area (Å²) in [5.74, 6) is 5.83. The number of benzene rings is 2. The average Bonchev–Trinajstić information content (AvgIpc) is 2.66. The zero-order valence-electron chi connectivity index (χ0n) is 17.9. The standard InChI is InChI=1S/C27H28O2/c1-18(19-7-9-21(10-8-19)25(28)29)22-11-12-24-23(17-22)20(13-15-26(2,3)4)14-16-27(24,5)6/h7-12,14,17H,1,16H2,2-6H3,(H,28,29). The van der Waals surface area contributed by atoms with E-state index in [0.717, 1.165) is 28.7 Å². The van der Waals surface area contributed by atoms with Gasteiger partial charge in [-0.2, -0.15) is 0 Å². The van der Waals surface area contributed by atoms with Gasteiger partial charge in [0.25, 0.3) is 0 Å². The Labute approximate surface area is 174 Å². The van der Waals surface area contributed by atoms with Crippen LogP contribution < -0.4 is 0 Å². The van der Waals surface area contributed by atoms with E-state index in [2.05, 4.69) is 77.3 Å². The van der Waals surface area contributed by atoms with Crippen LogP contribution in [0.5, 0.6) is 0 Å². The van der Waals surface area contributed by atoms with E-state index in [-0.39, 0.29) is 16.4 Å². The van der Waals surface area contributed by atoms with E-state index < -0.39 is 5.97 Å². The molecule has 0 bridgehead atoms. The lowest BCUT2D eigenvalue weighted by molar-refractivity contribution is 0.0697. The second-order valence-electron chi connectivity index (χ2n) is 9.33. The van der Waals surface area contributed by atoms with Crippen molar-refractivity contribution in [2.45, 2.75) is 46.5 Å². The summed E-state index contributed by atoms with van der Waals surface area (Å²) < 4.78 is 0. The van der Waals surface area contributed by atoms with Gasteiger partial charge in [-0.25, -0.2) is 4.79 Å². The molecule has 3 rings (SSSR count). The van der Waals surface area contributed by atoms with Crippen molar-refractivity contribution in [1.29, 1.82) is 0 Å². The molecule has 1 N–H and O–H groups in total. The van der Waals surface area contributed by atoms with Crippen LogP contribution in [0.3, 0.4) is 0 Å². The van der Waals surface area contributed by atoms with E-state index in [0.29, 0.717) is 0 Å². The summed E-state index contributed by atoms with van der Waals surface area (Å²) in [6.07, 6.45) is 3.21. The molecule has 29 heavy (non-hydrogen) atoms. The first kappa shape index (κ1) is 20.7. The first-order valence-corrected chi connectivity index (χ1v) is 9.89. The molecule has 2 aromatic rings. The Balaban J connectivity index is 2.03. The molecule has 0 spiro atoms. The van der Waals surface area contributed by atoms with Crippen molar-refractivity contribution < 1.29 is 9.90 Å². The molecule has 1 aliphatic carbocycles. The number of hydrogen-bond donors (Lipinski definition) is 1. The van der Waals surface area contributed by atoms with Crippen molar-refractivity contribution in [1.82, 2.24) is 0 Å². The van der Waals surface area contributed by atoms with Crippen LogP contribution in [0.1, 0.15) is 73.7 Å². The number of fused-ring (bicyclic) bond motifs is 1. The Morgan fingerprint density at radius 3 is 2.21 bits per heavy atom. The summed E-state index contributed by atoms with van der Waals surface area (Å²) in [6.45, 7) is 15.1. The Hall–Kier alpha value is -3.05. The van der Waals surface area contributed by atoms with E-state index in [1.165, 1.54) is 11.1 Å². The van der Waals surface area contributed by atoms with Crippen LogP contribution in [0, 0.1) is 17.3 Å². The van der Waals surface area contributed by atoms with Gasteiger partial charge in [0.05, 0.1) is 5.56 Å². The van der Waals surface area contributed by atoms with Crippen LogP contribution in [0.4, 0.5) is 0 Å². The molecule has 0 amide bonds. The first-order chi connectivity index (χ1) is 13.5. The lowest BCUT2D eigenvalue weighted by atomic mass is 9.72. The highest BCUT2D eigenvalue weighted by Crippen LogP contribution is 2.40. The summed E-state index contributed by atoms with van der Waals surface area (Å²) in [4.78, 5) is 11.1. The van der Waals surface area contributed by atoms with E-state index in [9.17, 15) is 4.79 Å². The maximum Gasteiger partial charge on any atom is 0.335 e. The molecule has 2 heteroatoms. The Morgan fingerprint density at radius 1 is 1.03 bits per heavy atom. The van der Waals surface area contributed by atoms with Gasteiger partial charge in [-0.15, -0.1) is 0 Å². The number of carboxylic acids is 1. The number of carbonyl (C=O) groups is 1. The van der Waals surface area contributed by atoms with Crippen molar-refractivity contribution in [2.24, 2.45) is 5.41 Å². The van der Waals surface area contributed by atoms with Gasteiger partial charge in [0.15, 0.2) is 0 Å². The molecule has 0 atom stereocenters. The Bertz CT molecular complexity index is 1060.